The molecule has 0 aromatic carbocycles. The van der Waals surface area contributed by atoms with Gasteiger partial charge >= 0.3 is 11.9 Å². The van der Waals surface area contributed by atoms with E-state index in [1.165, 1.54) is 0 Å². The van der Waals surface area contributed by atoms with Gasteiger partial charge in [0.1, 0.15) is 0 Å². The minimum atomic E-state index is -1.32. The van der Waals surface area contributed by atoms with Gasteiger partial charge in [-0.25, -0.2) is 0 Å². The third-order valence-corrected chi connectivity index (χ3v) is 2.77. The fraction of sp³-hybridized carbons (Fsp3) is 0.833. The average Bonchev–Trinajstić information content (AvgIpc) is 2.24. The fourth-order valence-electron chi connectivity index (χ4n) is 1.67. The second-order valence-corrected chi connectivity index (χ2v) is 4.31. The molecule has 17 heavy (non-hydrogen) atoms. The van der Waals surface area contributed by atoms with E-state index in [2.05, 4.69) is 6.92 Å². The van der Waals surface area contributed by atoms with Crippen LogP contribution in [-0.4, -0.2) is 33.4 Å². The fourth-order valence-corrected chi connectivity index (χ4v) is 1.67. The smallest absolute Gasteiger partial charge is 0.317 e. The Labute approximate surface area is 101 Å². The molecular weight excluding hydrogens is 224 g/mol. The topological polar surface area (TPSA) is 94.8 Å². The molecule has 5 nitrogen and oxygen atoms in total. The molecule has 0 saturated carbocycles. The summed E-state index contributed by atoms with van der Waals surface area (Å²) in [5, 5.41) is 26.8. The molecule has 0 aliphatic carbocycles. The molecule has 0 saturated heterocycles. The van der Waals surface area contributed by atoms with E-state index in [0.29, 0.717) is 19.3 Å². The van der Waals surface area contributed by atoms with Gasteiger partial charge in [0.2, 0.25) is 0 Å². The summed E-state index contributed by atoms with van der Waals surface area (Å²) in [6, 6.07) is 0. The van der Waals surface area contributed by atoms with E-state index < -0.39 is 17.9 Å². The first kappa shape index (κ1) is 15.9. The molecule has 1 unspecified atom stereocenters. The Kier molecular flexibility index (Phi) is 8.40. The summed E-state index contributed by atoms with van der Waals surface area (Å²) in [7, 11) is 0. The molecule has 0 aliphatic heterocycles. The standard InChI is InChI=1S/C12H22O5/c1-2-3-6-9(13)7-4-5-8-10(11(14)15)12(16)17/h9-10,13H,2-8H2,1H3,(H,14,15)(H,16,17). The van der Waals surface area contributed by atoms with Crippen molar-refractivity contribution in [2.45, 2.75) is 58.0 Å². The highest BCUT2D eigenvalue weighted by Gasteiger charge is 2.24. The molecule has 5 heteroatoms. The van der Waals surface area contributed by atoms with Crippen molar-refractivity contribution in [3.63, 3.8) is 0 Å². The van der Waals surface area contributed by atoms with Crippen LogP contribution in [0.3, 0.4) is 0 Å². The second kappa shape index (κ2) is 8.98. The molecule has 0 radical (unpaired) electrons. The Balaban J connectivity index is 3.68. The molecule has 0 rings (SSSR count). The van der Waals surface area contributed by atoms with Gasteiger partial charge in [-0.2, -0.15) is 0 Å². The van der Waals surface area contributed by atoms with E-state index >= 15 is 0 Å². The third-order valence-electron chi connectivity index (χ3n) is 2.77. The van der Waals surface area contributed by atoms with Crippen LogP contribution in [0.4, 0.5) is 0 Å². The number of carboxylic acids is 2. The van der Waals surface area contributed by atoms with Gasteiger partial charge in [0.25, 0.3) is 0 Å². The van der Waals surface area contributed by atoms with E-state index in [0.717, 1.165) is 19.3 Å². The van der Waals surface area contributed by atoms with Crippen LogP contribution < -0.4 is 0 Å². The van der Waals surface area contributed by atoms with Gasteiger partial charge in [0, 0.05) is 0 Å². The molecule has 0 aromatic rings. The minimum absolute atomic E-state index is 0.130. The lowest BCUT2D eigenvalue weighted by Gasteiger charge is -2.10. The predicted octanol–water partition coefficient (Wildman–Crippen LogP) is 1.88. The number of hydrogen-bond acceptors (Lipinski definition) is 3. The first-order valence-corrected chi connectivity index (χ1v) is 6.12. The molecule has 0 spiro atoms. The zero-order chi connectivity index (χ0) is 13.3. The summed E-state index contributed by atoms with van der Waals surface area (Å²) in [4.78, 5) is 21.2. The van der Waals surface area contributed by atoms with E-state index in [4.69, 9.17) is 10.2 Å². The maximum Gasteiger partial charge on any atom is 0.317 e. The molecule has 100 valence electrons. The van der Waals surface area contributed by atoms with Gasteiger partial charge in [-0.1, -0.05) is 32.6 Å². The summed E-state index contributed by atoms with van der Waals surface area (Å²) in [5.41, 5.74) is 0. The van der Waals surface area contributed by atoms with Crippen LogP contribution in [0.15, 0.2) is 0 Å². The summed E-state index contributed by atoms with van der Waals surface area (Å²) in [6.07, 6.45) is 4.37. The minimum Gasteiger partial charge on any atom is -0.481 e. The highest BCUT2D eigenvalue weighted by atomic mass is 16.4. The Morgan fingerprint density at radius 1 is 0.941 bits per heavy atom. The predicted molar refractivity (Wildman–Crippen MR) is 62.8 cm³/mol. The number of unbranched alkanes of at least 4 members (excludes halogenated alkanes) is 2. The maximum absolute atomic E-state index is 10.6. The SMILES string of the molecule is CCCCC(O)CCCCC(C(=O)O)C(=O)O. The van der Waals surface area contributed by atoms with Crippen LogP contribution >= 0.6 is 0 Å². The molecule has 0 aromatic heterocycles. The number of aliphatic hydroxyl groups is 1. The van der Waals surface area contributed by atoms with Crippen molar-refractivity contribution in [1.82, 2.24) is 0 Å². The second-order valence-electron chi connectivity index (χ2n) is 4.31. The Morgan fingerprint density at radius 3 is 1.88 bits per heavy atom. The Bertz CT molecular complexity index is 225. The number of aliphatic carboxylic acids is 2. The van der Waals surface area contributed by atoms with Crippen molar-refractivity contribution in [3.05, 3.63) is 0 Å². The molecule has 0 heterocycles. The van der Waals surface area contributed by atoms with E-state index in [1.54, 1.807) is 0 Å². The van der Waals surface area contributed by atoms with Gasteiger partial charge < -0.3 is 15.3 Å². The maximum atomic E-state index is 10.6. The molecule has 0 amide bonds. The quantitative estimate of drug-likeness (QED) is 0.404. The van der Waals surface area contributed by atoms with Crippen LogP contribution in [0.25, 0.3) is 0 Å². The highest BCUT2D eigenvalue weighted by molar-refractivity contribution is 5.92. The van der Waals surface area contributed by atoms with E-state index in [9.17, 15) is 14.7 Å². The molecule has 0 fully saturated rings. The van der Waals surface area contributed by atoms with Crippen LogP contribution in [0.2, 0.25) is 0 Å². The van der Waals surface area contributed by atoms with Crippen LogP contribution in [0.1, 0.15) is 51.9 Å². The summed E-state index contributed by atoms with van der Waals surface area (Å²) < 4.78 is 0. The Morgan fingerprint density at radius 2 is 1.41 bits per heavy atom. The molecular formula is C12H22O5. The molecule has 1 atom stereocenters. The van der Waals surface area contributed by atoms with Crippen molar-refractivity contribution < 1.29 is 24.9 Å². The normalized spacial score (nSPS) is 12.6. The lowest BCUT2D eigenvalue weighted by Crippen LogP contribution is -2.23. The molecule has 3 N–H and O–H groups in total. The third kappa shape index (κ3) is 7.74. The highest BCUT2D eigenvalue weighted by Crippen LogP contribution is 2.14. The van der Waals surface area contributed by atoms with Gasteiger partial charge in [0.15, 0.2) is 5.92 Å². The monoisotopic (exact) mass is 246 g/mol. The first-order chi connectivity index (χ1) is 7.99. The molecule has 0 aliphatic rings. The van der Waals surface area contributed by atoms with Crippen molar-refractivity contribution in [1.29, 1.82) is 0 Å². The lowest BCUT2D eigenvalue weighted by atomic mass is 9.99. The first-order valence-electron chi connectivity index (χ1n) is 6.12. The number of carboxylic acid groups (broad SMARTS) is 2. The number of hydrogen-bond donors (Lipinski definition) is 3. The zero-order valence-electron chi connectivity index (χ0n) is 10.3. The van der Waals surface area contributed by atoms with Gasteiger partial charge in [-0.3, -0.25) is 9.59 Å². The lowest BCUT2D eigenvalue weighted by molar-refractivity contribution is -0.154. The largest absolute Gasteiger partial charge is 0.481 e. The van der Waals surface area contributed by atoms with E-state index in [1.807, 2.05) is 0 Å². The Hall–Kier alpha value is -1.10. The zero-order valence-corrected chi connectivity index (χ0v) is 10.3. The van der Waals surface area contributed by atoms with Crippen LogP contribution in [-0.2, 0) is 9.59 Å². The summed E-state index contributed by atoms with van der Waals surface area (Å²) >= 11 is 0. The van der Waals surface area contributed by atoms with Gasteiger partial charge in [-0.05, 0) is 19.3 Å². The van der Waals surface area contributed by atoms with E-state index in [-0.39, 0.29) is 12.5 Å². The number of rotatable bonds is 10. The summed E-state index contributed by atoms with van der Waals surface area (Å²) in [6.45, 7) is 2.05. The van der Waals surface area contributed by atoms with Crippen molar-refractivity contribution in [2.24, 2.45) is 5.92 Å². The van der Waals surface area contributed by atoms with Crippen molar-refractivity contribution >= 4 is 11.9 Å². The van der Waals surface area contributed by atoms with Crippen LogP contribution in [0.5, 0.6) is 0 Å². The van der Waals surface area contributed by atoms with Crippen molar-refractivity contribution in [2.75, 3.05) is 0 Å². The molecule has 0 bridgehead atoms. The average molecular weight is 246 g/mol. The van der Waals surface area contributed by atoms with Crippen LogP contribution in [0, 0.1) is 5.92 Å². The number of carbonyl (C=O) groups is 2. The van der Waals surface area contributed by atoms with Crippen molar-refractivity contribution in [3.8, 4) is 0 Å². The van der Waals surface area contributed by atoms with Gasteiger partial charge in [0.05, 0.1) is 6.10 Å². The van der Waals surface area contributed by atoms with Gasteiger partial charge in [-0.15, -0.1) is 0 Å². The number of aliphatic hydroxyl groups excluding tert-OH is 1. The summed E-state index contributed by atoms with van der Waals surface area (Å²) in [5.74, 6) is -3.89.